The van der Waals surface area contributed by atoms with E-state index in [2.05, 4.69) is 20.9 Å². The summed E-state index contributed by atoms with van der Waals surface area (Å²) in [6.45, 7) is 1.34. The molecule has 1 heterocycles. The summed E-state index contributed by atoms with van der Waals surface area (Å²) >= 11 is 21.4. The standard InChI is InChI=1S/C17H16BrCl3N2O3/c1-25-4-2-23(17(24)11-6-12(18)10-22-9-11)3-5-26-16-14(20)7-13(19)8-15(16)21/h6-10H,2-5H2,1H3. The van der Waals surface area contributed by atoms with Gasteiger partial charge in [0.15, 0.2) is 5.75 Å². The summed E-state index contributed by atoms with van der Waals surface area (Å²) in [6, 6.07) is 4.81. The summed E-state index contributed by atoms with van der Waals surface area (Å²) in [4.78, 5) is 18.3. The molecule has 0 aliphatic rings. The van der Waals surface area contributed by atoms with Gasteiger partial charge in [-0.1, -0.05) is 34.8 Å². The first-order chi connectivity index (χ1) is 12.4. The maximum atomic E-state index is 12.7. The highest BCUT2D eigenvalue weighted by Gasteiger charge is 2.17. The van der Waals surface area contributed by atoms with Crippen LogP contribution in [0.1, 0.15) is 10.4 Å². The summed E-state index contributed by atoms with van der Waals surface area (Å²) in [7, 11) is 1.58. The van der Waals surface area contributed by atoms with E-state index in [0.29, 0.717) is 46.1 Å². The van der Waals surface area contributed by atoms with Crippen molar-refractivity contribution in [2.24, 2.45) is 0 Å². The maximum absolute atomic E-state index is 12.7. The van der Waals surface area contributed by atoms with E-state index in [9.17, 15) is 4.79 Å². The van der Waals surface area contributed by atoms with Crippen molar-refractivity contribution in [2.75, 3.05) is 33.4 Å². The zero-order valence-electron chi connectivity index (χ0n) is 13.8. The lowest BCUT2D eigenvalue weighted by molar-refractivity contribution is 0.0665. The molecule has 0 saturated heterocycles. The predicted octanol–water partition coefficient (Wildman–Crippen LogP) is 4.97. The molecule has 0 spiro atoms. The summed E-state index contributed by atoms with van der Waals surface area (Å²) in [6.07, 6.45) is 3.13. The van der Waals surface area contributed by atoms with Crippen LogP contribution in [0.5, 0.6) is 5.75 Å². The van der Waals surface area contributed by atoms with Gasteiger partial charge in [-0.15, -0.1) is 0 Å². The summed E-state index contributed by atoms with van der Waals surface area (Å²) < 4.78 is 11.5. The van der Waals surface area contributed by atoms with Crippen LogP contribution in [0.2, 0.25) is 15.1 Å². The van der Waals surface area contributed by atoms with Crippen molar-refractivity contribution >= 4 is 56.6 Å². The van der Waals surface area contributed by atoms with Gasteiger partial charge in [0.05, 0.1) is 28.8 Å². The molecular weight excluding hydrogens is 466 g/mol. The van der Waals surface area contributed by atoms with E-state index in [1.165, 1.54) is 6.20 Å². The normalized spacial score (nSPS) is 10.7. The molecule has 1 aromatic heterocycles. The van der Waals surface area contributed by atoms with Gasteiger partial charge in [-0.3, -0.25) is 9.78 Å². The lowest BCUT2D eigenvalue weighted by Crippen LogP contribution is -2.37. The number of hydrogen-bond acceptors (Lipinski definition) is 4. The minimum Gasteiger partial charge on any atom is -0.489 e. The topological polar surface area (TPSA) is 51.7 Å². The number of carbonyl (C=O) groups excluding carboxylic acids is 1. The molecule has 0 bridgehead atoms. The van der Waals surface area contributed by atoms with Crippen LogP contribution in [0.15, 0.2) is 35.1 Å². The van der Waals surface area contributed by atoms with Crippen molar-refractivity contribution in [1.82, 2.24) is 9.88 Å². The van der Waals surface area contributed by atoms with Gasteiger partial charge in [-0.05, 0) is 34.1 Å². The lowest BCUT2D eigenvalue weighted by Gasteiger charge is -2.23. The molecule has 2 rings (SSSR count). The third-order valence-electron chi connectivity index (χ3n) is 3.38. The van der Waals surface area contributed by atoms with Crippen molar-refractivity contribution in [3.63, 3.8) is 0 Å². The Morgan fingerprint density at radius 2 is 1.77 bits per heavy atom. The number of rotatable bonds is 8. The van der Waals surface area contributed by atoms with Gasteiger partial charge in [-0.25, -0.2) is 0 Å². The number of nitrogens with zero attached hydrogens (tertiary/aromatic N) is 2. The molecule has 140 valence electrons. The fourth-order valence-electron chi connectivity index (χ4n) is 2.15. The zero-order chi connectivity index (χ0) is 19.1. The van der Waals surface area contributed by atoms with E-state index in [1.54, 1.807) is 36.4 Å². The van der Waals surface area contributed by atoms with Gasteiger partial charge < -0.3 is 14.4 Å². The minimum atomic E-state index is -0.173. The van der Waals surface area contributed by atoms with E-state index in [4.69, 9.17) is 44.3 Å². The summed E-state index contributed by atoms with van der Waals surface area (Å²) in [5.74, 6) is 0.161. The molecule has 0 radical (unpaired) electrons. The summed E-state index contributed by atoms with van der Waals surface area (Å²) in [5, 5.41) is 1.05. The van der Waals surface area contributed by atoms with E-state index < -0.39 is 0 Å². The molecule has 26 heavy (non-hydrogen) atoms. The first-order valence-corrected chi connectivity index (χ1v) is 9.51. The molecular formula is C17H16BrCl3N2O3. The van der Waals surface area contributed by atoms with Crippen molar-refractivity contribution in [3.8, 4) is 5.75 Å². The molecule has 0 aliphatic carbocycles. The van der Waals surface area contributed by atoms with Crippen LogP contribution >= 0.6 is 50.7 Å². The average molecular weight is 483 g/mol. The van der Waals surface area contributed by atoms with Gasteiger partial charge >= 0.3 is 0 Å². The molecule has 0 unspecified atom stereocenters. The zero-order valence-corrected chi connectivity index (χ0v) is 17.7. The van der Waals surface area contributed by atoms with Crippen LogP contribution in [0, 0.1) is 0 Å². The highest BCUT2D eigenvalue weighted by molar-refractivity contribution is 9.10. The van der Waals surface area contributed by atoms with Crippen molar-refractivity contribution in [2.45, 2.75) is 0 Å². The maximum Gasteiger partial charge on any atom is 0.255 e. The van der Waals surface area contributed by atoms with Crippen LogP contribution in [-0.4, -0.2) is 49.2 Å². The molecule has 0 atom stereocenters. The average Bonchev–Trinajstić information content (AvgIpc) is 2.59. The smallest absolute Gasteiger partial charge is 0.255 e. The minimum absolute atomic E-state index is 0.173. The summed E-state index contributed by atoms with van der Waals surface area (Å²) in [5.41, 5.74) is 0.470. The number of benzene rings is 1. The van der Waals surface area contributed by atoms with Gasteiger partial charge in [0, 0.05) is 35.5 Å². The van der Waals surface area contributed by atoms with E-state index in [1.807, 2.05) is 0 Å². The Hall–Kier alpha value is -1.05. The number of aromatic nitrogens is 1. The SMILES string of the molecule is COCCN(CCOc1c(Cl)cc(Cl)cc1Cl)C(=O)c1cncc(Br)c1. The fraction of sp³-hybridized carbons (Fsp3) is 0.294. The quantitative estimate of drug-likeness (QED) is 0.533. The first kappa shape index (κ1) is 21.3. The van der Waals surface area contributed by atoms with Crippen LogP contribution in [-0.2, 0) is 4.74 Å². The monoisotopic (exact) mass is 480 g/mol. The highest BCUT2D eigenvalue weighted by Crippen LogP contribution is 2.35. The van der Waals surface area contributed by atoms with Gasteiger partial charge in [0.1, 0.15) is 6.61 Å². The number of hydrogen-bond donors (Lipinski definition) is 0. The van der Waals surface area contributed by atoms with Crippen LogP contribution in [0.25, 0.3) is 0 Å². The fourth-order valence-corrected chi connectivity index (χ4v) is 3.44. The van der Waals surface area contributed by atoms with E-state index in [-0.39, 0.29) is 12.5 Å². The Bertz CT molecular complexity index is 754. The second-order valence-electron chi connectivity index (χ2n) is 5.22. The van der Waals surface area contributed by atoms with Crippen molar-refractivity contribution in [1.29, 1.82) is 0 Å². The van der Waals surface area contributed by atoms with Crippen molar-refractivity contribution < 1.29 is 14.3 Å². The van der Waals surface area contributed by atoms with Crippen LogP contribution in [0.4, 0.5) is 0 Å². The second kappa shape index (κ2) is 10.3. The third kappa shape index (κ3) is 5.99. The van der Waals surface area contributed by atoms with Gasteiger partial charge in [-0.2, -0.15) is 0 Å². The lowest BCUT2D eigenvalue weighted by atomic mass is 10.2. The second-order valence-corrected chi connectivity index (χ2v) is 7.39. The molecule has 0 saturated carbocycles. The van der Waals surface area contributed by atoms with Crippen LogP contribution in [0.3, 0.4) is 0 Å². The molecule has 0 aliphatic heterocycles. The molecule has 0 fully saturated rings. The number of pyridine rings is 1. The molecule has 2 aromatic rings. The van der Waals surface area contributed by atoms with Crippen LogP contribution < -0.4 is 4.74 Å². The Morgan fingerprint density at radius 3 is 2.38 bits per heavy atom. The predicted molar refractivity (Wildman–Crippen MR) is 107 cm³/mol. The molecule has 1 amide bonds. The molecule has 5 nitrogen and oxygen atoms in total. The largest absolute Gasteiger partial charge is 0.489 e. The van der Waals surface area contributed by atoms with E-state index in [0.717, 1.165) is 4.47 Å². The molecule has 1 aromatic carbocycles. The Labute approximate surface area is 175 Å². The highest BCUT2D eigenvalue weighted by atomic mass is 79.9. The third-order valence-corrected chi connectivity index (χ3v) is 4.59. The number of methoxy groups -OCH3 is 1. The van der Waals surface area contributed by atoms with Crippen molar-refractivity contribution in [3.05, 3.63) is 55.7 Å². The Morgan fingerprint density at radius 1 is 1.12 bits per heavy atom. The molecule has 9 heteroatoms. The number of carbonyl (C=O) groups is 1. The molecule has 0 N–H and O–H groups in total. The Balaban J connectivity index is 2.05. The van der Waals surface area contributed by atoms with Gasteiger partial charge in [0.2, 0.25) is 0 Å². The number of ether oxygens (including phenoxy) is 2. The number of halogens is 4. The number of amides is 1. The van der Waals surface area contributed by atoms with E-state index >= 15 is 0 Å². The van der Waals surface area contributed by atoms with Gasteiger partial charge in [0.25, 0.3) is 5.91 Å². The Kier molecular flexibility index (Phi) is 8.44. The first-order valence-electron chi connectivity index (χ1n) is 7.58.